The summed E-state index contributed by atoms with van der Waals surface area (Å²) in [6, 6.07) is 1.67. The lowest BCUT2D eigenvalue weighted by molar-refractivity contribution is 0.272. The second kappa shape index (κ2) is 6.22. The molecule has 0 bridgehead atoms. The van der Waals surface area contributed by atoms with Crippen LogP contribution in [-0.4, -0.2) is 26.2 Å². The molecule has 1 aliphatic carbocycles. The molecule has 4 heterocycles. The Labute approximate surface area is 162 Å². The number of pyridine rings is 1. The van der Waals surface area contributed by atoms with Crippen LogP contribution in [0, 0.1) is 20.8 Å². The summed E-state index contributed by atoms with van der Waals surface area (Å²) in [6.07, 6.45) is 7.12. The number of rotatable bonds is 3. The molecule has 2 aliphatic rings. The topological polar surface area (TPSA) is 97.0 Å². The van der Waals surface area contributed by atoms with E-state index in [4.69, 9.17) is 9.40 Å². The highest BCUT2D eigenvalue weighted by molar-refractivity contribution is 5.84. The smallest absolute Gasteiger partial charge is 0.260 e. The highest BCUT2D eigenvalue weighted by Gasteiger charge is 2.40. The van der Waals surface area contributed by atoms with Crippen LogP contribution in [0.2, 0.25) is 0 Å². The van der Waals surface area contributed by atoms with Gasteiger partial charge in [0.25, 0.3) is 5.56 Å². The number of nitrogens with one attached hydrogen (secondary N) is 1. The first kappa shape index (κ1) is 17.0. The molecule has 0 amide bonds. The second-order valence-corrected chi connectivity index (χ2v) is 7.65. The Morgan fingerprint density at radius 3 is 2.64 bits per heavy atom. The van der Waals surface area contributed by atoms with Crippen molar-refractivity contribution < 1.29 is 4.42 Å². The van der Waals surface area contributed by atoms with Crippen molar-refractivity contribution in [2.24, 2.45) is 4.99 Å². The van der Waals surface area contributed by atoms with Gasteiger partial charge in [0.1, 0.15) is 17.6 Å². The lowest BCUT2D eigenvalue weighted by Crippen LogP contribution is -2.28. The van der Waals surface area contributed by atoms with Crippen molar-refractivity contribution in [1.82, 2.24) is 19.9 Å². The van der Waals surface area contributed by atoms with E-state index in [1.54, 1.807) is 18.6 Å². The quantitative estimate of drug-likeness (QED) is 0.758. The number of oxazole rings is 1. The van der Waals surface area contributed by atoms with Crippen molar-refractivity contribution in [3.8, 4) is 0 Å². The molecule has 3 aromatic heterocycles. The Morgan fingerprint density at radius 1 is 1.14 bits per heavy atom. The molecule has 1 unspecified atom stereocenters. The summed E-state index contributed by atoms with van der Waals surface area (Å²) in [7, 11) is 0. The van der Waals surface area contributed by atoms with Crippen LogP contribution < -0.4 is 5.56 Å². The molecule has 1 N–H and O–H groups in total. The zero-order chi connectivity index (χ0) is 19.4. The minimum Gasteiger partial charge on any atom is -0.445 e. The van der Waals surface area contributed by atoms with Crippen LogP contribution >= 0.6 is 0 Å². The number of aromatic amines is 1. The summed E-state index contributed by atoms with van der Waals surface area (Å²) in [5.74, 6) is 2.54. The van der Waals surface area contributed by atoms with Crippen LogP contribution in [0.25, 0.3) is 0 Å². The van der Waals surface area contributed by atoms with Crippen molar-refractivity contribution in [3.63, 3.8) is 0 Å². The molecule has 0 aromatic carbocycles. The molecule has 28 heavy (non-hydrogen) atoms. The first-order valence-corrected chi connectivity index (χ1v) is 9.54. The van der Waals surface area contributed by atoms with Crippen LogP contribution in [0.1, 0.15) is 76.3 Å². The summed E-state index contributed by atoms with van der Waals surface area (Å²) >= 11 is 0. The lowest BCUT2D eigenvalue weighted by Gasteiger charge is -2.33. The van der Waals surface area contributed by atoms with Gasteiger partial charge in [-0.1, -0.05) is 0 Å². The van der Waals surface area contributed by atoms with E-state index in [0.29, 0.717) is 17.1 Å². The first-order chi connectivity index (χ1) is 13.5. The average molecular weight is 375 g/mol. The van der Waals surface area contributed by atoms with E-state index >= 15 is 0 Å². The van der Waals surface area contributed by atoms with Crippen LogP contribution in [0.3, 0.4) is 0 Å². The maximum absolute atomic E-state index is 12.7. The minimum absolute atomic E-state index is 0.103. The van der Waals surface area contributed by atoms with E-state index in [1.807, 2.05) is 26.8 Å². The van der Waals surface area contributed by atoms with Gasteiger partial charge in [0.05, 0.1) is 17.0 Å². The molecular formula is C21H21N5O2. The second-order valence-electron chi connectivity index (χ2n) is 7.65. The van der Waals surface area contributed by atoms with E-state index in [0.717, 1.165) is 41.3 Å². The number of aromatic nitrogens is 4. The zero-order valence-electron chi connectivity index (χ0n) is 16.1. The van der Waals surface area contributed by atoms with Crippen LogP contribution in [-0.2, 0) is 0 Å². The number of aliphatic imine (C=N–C) groups is 1. The predicted octanol–water partition coefficient (Wildman–Crippen LogP) is 3.26. The van der Waals surface area contributed by atoms with Crippen LogP contribution in [0.4, 0.5) is 0 Å². The fourth-order valence-corrected chi connectivity index (χ4v) is 4.02. The van der Waals surface area contributed by atoms with Gasteiger partial charge >= 0.3 is 0 Å². The van der Waals surface area contributed by atoms with Gasteiger partial charge in [-0.05, 0) is 45.2 Å². The summed E-state index contributed by atoms with van der Waals surface area (Å²) < 4.78 is 5.84. The molecule has 3 atom stereocenters. The third-order valence-electron chi connectivity index (χ3n) is 5.98. The summed E-state index contributed by atoms with van der Waals surface area (Å²) in [5.41, 5.74) is 4.08. The number of hydrogen-bond acceptors (Lipinski definition) is 6. The van der Waals surface area contributed by atoms with Crippen LogP contribution in [0.5, 0.6) is 0 Å². The normalized spacial score (nSPS) is 22.9. The Kier molecular flexibility index (Phi) is 3.79. The van der Waals surface area contributed by atoms with E-state index in [-0.39, 0.29) is 23.4 Å². The van der Waals surface area contributed by atoms with Crippen molar-refractivity contribution in [3.05, 3.63) is 74.4 Å². The lowest BCUT2D eigenvalue weighted by atomic mass is 9.73. The molecule has 0 spiro atoms. The zero-order valence-corrected chi connectivity index (χ0v) is 16.1. The fourth-order valence-electron chi connectivity index (χ4n) is 4.02. The van der Waals surface area contributed by atoms with Crippen LogP contribution in [0.15, 0.2) is 32.7 Å². The monoisotopic (exact) mass is 375 g/mol. The standard InChI is InChI=1S/C21H21N5O2/c1-10-6-7-22-8-15(10)17-18-16(9-23-17)20(27)26-19(25-18)13-4-5-14(13)21-24-11(2)12(3)28-21/h6-9,13-14,17H,4-5H2,1-3H3,(H,25,26,27)/t13-,14-,17?/m0/s1. The predicted molar refractivity (Wildman–Crippen MR) is 104 cm³/mol. The molecule has 7 heteroatoms. The highest BCUT2D eigenvalue weighted by atomic mass is 16.4. The molecule has 7 nitrogen and oxygen atoms in total. The van der Waals surface area contributed by atoms with Gasteiger partial charge in [-0.15, -0.1) is 0 Å². The number of hydrogen-bond donors (Lipinski definition) is 1. The summed E-state index contributed by atoms with van der Waals surface area (Å²) in [5, 5.41) is 0. The Morgan fingerprint density at radius 2 is 1.96 bits per heavy atom. The van der Waals surface area contributed by atoms with Gasteiger partial charge in [-0.2, -0.15) is 0 Å². The van der Waals surface area contributed by atoms with E-state index in [1.165, 1.54) is 0 Å². The van der Waals surface area contributed by atoms with Gasteiger partial charge in [0, 0.05) is 36.0 Å². The van der Waals surface area contributed by atoms with Gasteiger partial charge in [-0.3, -0.25) is 14.8 Å². The molecule has 3 aromatic rings. The molecular weight excluding hydrogens is 354 g/mol. The molecule has 0 radical (unpaired) electrons. The van der Waals surface area contributed by atoms with Gasteiger partial charge in [-0.25, -0.2) is 9.97 Å². The first-order valence-electron chi connectivity index (χ1n) is 9.54. The van der Waals surface area contributed by atoms with Crippen molar-refractivity contribution in [1.29, 1.82) is 0 Å². The Balaban J connectivity index is 1.53. The third kappa shape index (κ3) is 2.53. The maximum atomic E-state index is 12.7. The molecule has 5 rings (SSSR count). The van der Waals surface area contributed by atoms with Gasteiger partial charge < -0.3 is 9.40 Å². The van der Waals surface area contributed by atoms with E-state index in [9.17, 15) is 4.79 Å². The molecule has 0 saturated heterocycles. The third-order valence-corrected chi connectivity index (χ3v) is 5.98. The minimum atomic E-state index is -0.283. The molecule has 1 fully saturated rings. The van der Waals surface area contributed by atoms with Crippen molar-refractivity contribution in [2.45, 2.75) is 51.5 Å². The molecule has 1 saturated carbocycles. The summed E-state index contributed by atoms with van der Waals surface area (Å²) in [6.45, 7) is 5.89. The van der Waals surface area contributed by atoms with Gasteiger partial charge in [0.2, 0.25) is 0 Å². The molecule has 1 aliphatic heterocycles. The highest BCUT2D eigenvalue weighted by Crippen LogP contribution is 2.48. The number of aryl methyl sites for hydroxylation is 3. The largest absolute Gasteiger partial charge is 0.445 e. The van der Waals surface area contributed by atoms with Crippen molar-refractivity contribution in [2.75, 3.05) is 0 Å². The van der Waals surface area contributed by atoms with Gasteiger partial charge in [0.15, 0.2) is 5.89 Å². The summed E-state index contributed by atoms with van der Waals surface area (Å²) in [4.78, 5) is 33.9. The Bertz CT molecular complexity index is 1140. The SMILES string of the molecule is Cc1ccncc1C1N=Cc2c1nc([C@H]1CC[C@@H]1c1nc(C)c(C)o1)[nH]c2=O. The van der Waals surface area contributed by atoms with Crippen molar-refractivity contribution >= 4 is 6.21 Å². The van der Waals surface area contributed by atoms with E-state index < -0.39 is 0 Å². The number of H-pyrrole nitrogens is 1. The Hall–Kier alpha value is -3.09. The van der Waals surface area contributed by atoms with E-state index in [2.05, 4.69) is 19.9 Å². The fraction of sp³-hybridized carbons (Fsp3) is 0.381. The average Bonchev–Trinajstić information content (AvgIpc) is 3.18. The maximum Gasteiger partial charge on any atom is 0.260 e. The number of fused-ring (bicyclic) bond motifs is 1. The number of nitrogens with zero attached hydrogens (tertiary/aromatic N) is 4. The molecule has 142 valence electrons.